The van der Waals surface area contributed by atoms with Crippen molar-refractivity contribution in [2.75, 3.05) is 6.61 Å². The lowest BCUT2D eigenvalue weighted by Crippen LogP contribution is -2.06. The Morgan fingerprint density at radius 3 is 3.25 bits per heavy atom. The molecule has 0 fully saturated rings. The molecule has 0 N–H and O–H groups in total. The Labute approximate surface area is 71.4 Å². The second-order valence-electron chi connectivity index (χ2n) is 2.60. The first kappa shape index (κ1) is 7.17. The maximum atomic E-state index is 8.62. The van der Waals surface area contributed by atoms with Crippen LogP contribution in [0.5, 0.6) is 5.75 Å². The third-order valence-electron chi connectivity index (χ3n) is 1.78. The van der Waals surface area contributed by atoms with Gasteiger partial charge in [0.05, 0.1) is 18.2 Å². The molecule has 1 aliphatic rings. The average molecular weight is 157 g/mol. The largest absolute Gasteiger partial charge is 0.493 e. The van der Waals surface area contributed by atoms with Crippen molar-refractivity contribution in [2.45, 2.75) is 6.42 Å². The number of benzene rings is 1. The van der Waals surface area contributed by atoms with Crippen LogP contribution in [0.4, 0.5) is 0 Å². The lowest BCUT2D eigenvalue weighted by molar-refractivity contribution is 0.306. The van der Waals surface area contributed by atoms with E-state index in [0.29, 0.717) is 12.2 Å². The molecule has 2 heteroatoms. The molecule has 0 spiro atoms. The van der Waals surface area contributed by atoms with Crippen LogP contribution in [-0.2, 0) is 0 Å². The van der Waals surface area contributed by atoms with Gasteiger partial charge in [0.2, 0.25) is 0 Å². The van der Waals surface area contributed by atoms with E-state index >= 15 is 0 Å². The summed E-state index contributed by atoms with van der Waals surface area (Å²) in [6.07, 6.45) is 3.97. The normalized spacial score (nSPS) is 14.2. The Morgan fingerprint density at radius 2 is 2.42 bits per heavy atom. The quantitative estimate of drug-likeness (QED) is 0.575. The number of ether oxygens (including phenoxy) is 1. The van der Waals surface area contributed by atoms with E-state index in [0.717, 1.165) is 17.7 Å². The summed E-state index contributed by atoms with van der Waals surface area (Å²) in [5, 5.41) is 8.62. The standard InChI is InChI=1S/C10H7NO/c11-7-8-3-4-10-9(6-8)2-1-5-12-10/h3-4,6H,1,5H2. The molecule has 1 aliphatic heterocycles. The Morgan fingerprint density at radius 1 is 1.50 bits per heavy atom. The minimum atomic E-state index is 0.659. The second kappa shape index (κ2) is 2.86. The fraction of sp³-hybridized carbons (Fsp3) is 0.200. The minimum absolute atomic E-state index is 0.659. The maximum Gasteiger partial charge on any atom is 0.123 e. The first-order valence-corrected chi connectivity index (χ1v) is 3.81. The molecule has 1 aromatic carbocycles. The monoisotopic (exact) mass is 157 g/mol. The molecule has 1 heterocycles. The highest BCUT2D eigenvalue weighted by atomic mass is 16.5. The van der Waals surface area contributed by atoms with Crippen molar-refractivity contribution >= 4 is 0 Å². The van der Waals surface area contributed by atoms with Gasteiger partial charge in [-0.05, 0) is 24.6 Å². The topological polar surface area (TPSA) is 33.0 Å². The van der Waals surface area contributed by atoms with E-state index in [1.165, 1.54) is 0 Å². The molecule has 0 bridgehead atoms. The van der Waals surface area contributed by atoms with Gasteiger partial charge < -0.3 is 4.74 Å². The summed E-state index contributed by atoms with van der Waals surface area (Å²) in [6.45, 7) is 0.693. The van der Waals surface area contributed by atoms with Crippen LogP contribution in [0.3, 0.4) is 0 Å². The molecule has 58 valence electrons. The van der Waals surface area contributed by atoms with Gasteiger partial charge in [-0.25, -0.2) is 0 Å². The lowest BCUT2D eigenvalue weighted by atomic mass is 10.0. The van der Waals surface area contributed by atoms with Crippen molar-refractivity contribution in [3.8, 4) is 11.8 Å². The first-order chi connectivity index (χ1) is 5.90. The van der Waals surface area contributed by atoms with Crippen LogP contribution in [0.25, 0.3) is 0 Å². The molecule has 0 amide bonds. The van der Waals surface area contributed by atoms with Gasteiger partial charge in [0, 0.05) is 12.0 Å². The Hall–Kier alpha value is -1.49. The zero-order chi connectivity index (χ0) is 8.39. The number of hydrogen-bond donors (Lipinski definition) is 0. The third kappa shape index (κ3) is 1.14. The molecule has 12 heavy (non-hydrogen) atoms. The highest BCUT2D eigenvalue weighted by molar-refractivity contribution is 5.46. The zero-order valence-corrected chi connectivity index (χ0v) is 6.50. The van der Waals surface area contributed by atoms with Crippen molar-refractivity contribution in [2.24, 2.45) is 0 Å². The van der Waals surface area contributed by atoms with E-state index in [1.54, 1.807) is 12.1 Å². The molecular weight excluding hydrogens is 150 g/mol. The molecule has 0 aliphatic carbocycles. The van der Waals surface area contributed by atoms with E-state index in [9.17, 15) is 0 Å². The molecular formula is C10H7NO. The number of nitrogens with zero attached hydrogens (tertiary/aromatic N) is 1. The van der Waals surface area contributed by atoms with Gasteiger partial charge in [-0.15, -0.1) is 0 Å². The van der Waals surface area contributed by atoms with Gasteiger partial charge in [0.25, 0.3) is 0 Å². The summed E-state index contributed by atoms with van der Waals surface area (Å²) >= 11 is 0. The Bertz CT molecular complexity index is 338. The molecule has 0 saturated heterocycles. The number of hydrogen-bond acceptors (Lipinski definition) is 2. The Kier molecular flexibility index (Phi) is 1.71. The van der Waals surface area contributed by atoms with Crippen LogP contribution in [0.15, 0.2) is 18.2 Å². The molecule has 1 aromatic rings. The van der Waals surface area contributed by atoms with Crippen LogP contribution in [-0.4, -0.2) is 6.61 Å². The molecule has 2 nitrogen and oxygen atoms in total. The van der Waals surface area contributed by atoms with Crippen molar-refractivity contribution in [1.82, 2.24) is 0 Å². The molecule has 0 saturated carbocycles. The van der Waals surface area contributed by atoms with Crippen LogP contribution in [0.2, 0.25) is 0 Å². The van der Waals surface area contributed by atoms with E-state index in [1.807, 2.05) is 6.07 Å². The van der Waals surface area contributed by atoms with Crippen LogP contribution in [0, 0.1) is 17.8 Å². The zero-order valence-electron chi connectivity index (χ0n) is 6.50. The Balaban J connectivity index is 2.44. The van der Waals surface area contributed by atoms with Gasteiger partial charge in [-0.3, -0.25) is 0 Å². The summed E-state index contributed by atoms with van der Waals surface area (Å²) in [4.78, 5) is 0. The molecule has 0 atom stereocenters. The SMILES string of the molecule is N#Cc1ccc2c(c1)[C]CCO2. The summed E-state index contributed by atoms with van der Waals surface area (Å²) in [6, 6.07) is 7.46. The van der Waals surface area contributed by atoms with Gasteiger partial charge in [-0.2, -0.15) is 5.26 Å². The fourth-order valence-electron chi connectivity index (χ4n) is 1.21. The van der Waals surface area contributed by atoms with Gasteiger partial charge in [-0.1, -0.05) is 0 Å². The van der Waals surface area contributed by atoms with Crippen molar-refractivity contribution < 1.29 is 4.74 Å². The smallest absolute Gasteiger partial charge is 0.123 e. The predicted octanol–water partition coefficient (Wildman–Crippen LogP) is 1.77. The molecule has 2 rings (SSSR count). The van der Waals surface area contributed by atoms with Crippen molar-refractivity contribution in [3.05, 3.63) is 35.7 Å². The van der Waals surface area contributed by atoms with E-state index in [4.69, 9.17) is 10.00 Å². The molecule has 0 unspecified atom stereocenters. The first-order valence-electron chi connectivity index (χ1n) is 3.81. The second-order valence-corrected chi connectivity index (χ2v) is 2.60. The van der Waals surface area contributed by atoms with Crippen LogP contribution >= 0.6 is 0 Å². The predicted molar refractivity (Wildman–Crippen MR) is 43.6 cm³/mol. The maximum absolute atomic E-state index is 8.62. The molecule has 0 aromatic heterocycles. The minimum Gasteiger partial charge on any atom is -0.493 e. The highest BCUT2D eigenvalue weighted by Crippen LogP contribution is 2.26. The van der Waals surface area contributed by atoms with E-state index < -0.39 is 0 Å². The van der Waals surface area contributed by atoms with Gasteiger partial charge in [0.1, 0.15) is 5.75 Å². The number of fused-ring (bicyclic) bond motifs is 1. The van der Waals surface area contributed by atoms with E-state index in [-0.39, 0.29) is 0 Å². The third-order valence-corrected chi connectivity index (χ3v) is 1.78. The fourth-order valence-corrected chi connectivity index (χ4v) is 1.21. The van der Waals surface area contributed by atoms with Crippen molar-refractivity contribution in [3.63, 3.8) is 0 Å². The van der Waals surface area contributed by atoms with Gasteiger partial charge in [0.15, 0.2) is 0 Å². The highest BCUT2D eigenvalue weighted by Gasteiger charge is 2.10. The summed E-state index contributed by atoms with van der Waals surface area (Å²) in [5.74, 6) is 0.834. The number of nitriles is 1. The summed E-state index contributed by atoms with van der Waals surface area (Å²) in [5.41, 5.74) is 1.58. The number of rotatable bonds is 0. The van der Waals surface area contributed by atoms with Crippen LogP contribution < -0.4 is 4.74 Å². The van der Waals surface area contributed by atoms with E-state index in [2.05, 4.69) is 12.5 Å². The molecule has 2 radical (unpaired) electrons. The van der Waals surface area contributed by atoms with Crippen LogP contribution in [0.1, 0.15) is 17.5 Å². The van der Waals surface area contributed by atoms with Crippen molar-refractivity contribution in [1.29, 1.82) is 5.26 Å². The summed E-state index contributed by atoms with van der Waals surface area (Å²) in [7, 11) is 0. The van der Waals surface area contributed by atoms with Gasteiger partial charge >= 0.3 is 0 Å². The lowest BCUT2D eigenvalue weighted by Gasteiger charge is -2.15. The average Bonchev–Trinajstić information content (AvgIpc) is 2.17. The summed E-state index contributed by atoms with van der Waals surface area (Å²) < 4.78 is 5.35.